The highest BCUT2D eigenvalue weighted by molar-refractivity contribution is 14.0. The monoisotopic (exact) mass is 559 g/mol. The molecule has 180 valence electrons. The number of likely N-dealkylation sites (tertiary alicyclic amines) is 1. The second kappa shape index (κ2) is 15.7. The van der Waals surface area contributed by atoms with Crippen molar-refractivity contribution in [3.05, 3.63) is 35.4 Å². The molecule has 1 fully saturated rings. The van der Waals surface area contributed by atoms with Gasteiger partial charge in [0.2, 0.25) is 0 Å². The third-order valence-electron chi connectivity index (χ3n) is 5.16. The van der Waals surface area contributed by atoms with Crippen LogP contribution in [0.25, 0.3) is 0 Å². The van der Waals surface area contributed by atoms with Crippen molar-refractivity contribution < 1.29 is 14.3 Å². The molecule has 0 radical (unpaired) electrons. The molecule has 0 aliphatic carbocycles. The Hall–Kier alpha value is -2.04. The third-order valence-corrected chi connectivity index (χ3v) is 5.16. The third kappa shape index (κ3) is 9.62. The maximum absolute atomic E-state index is 12.1. The van der Waals surface area contributed by atoms with Crippen LogP contribution >= 0.6 is 24.0 Å². The number of rotatable bonds is 9. The van der Waals surface area contributed by atoms with Gasteiger partial charge >= 0.3 is 6.09 Å². The van der Waals surface area contributed by atoms with E-state index in [0.717, 1.165) is 43.8 Å². The van der Waals surface area contributed by atoms with Gasteiger partial charge < -0.3 is 25.6 Å². The number of hydrogen-bond acceptors (Lipinski definition) is 4. The zero-order valence-electron chi connectivity index (χ0n) is 19.5. The van der Waals surface area contributed by atoms with Crippen LogP contribution in [0.5, 0.6) is 0 Å². The highest BCUT2D eigenvalue weighted by Gasteiger charge is 2.24. The van der Waals surface area contributed by atoms with E-state index in [-0.39, 0.29) is 42.0 Å². The van der Waals surface area contributed by atoms with Crippen molar-refractivity contribution in [1.82, 2.24) is 20.9 Å². The Kier molecular flexibility index (Phi) is 13.7. The molecule has 0 spiro atoms. The largest absolute Gasteiger partial charge is 0.450 e. The van der Waals surface area contributed by atoms with Gasteiger partial charge in [-0.25, -0.2) is 9.79 Å². The molecule has 0 atom stereocenters. The van der Waals surface area contributed by atoms with E-state index in [1.54, 1.807) is 4.90 Å². The second-order valence-electron chi connectivity index (χ2n) is 7.61. The predicted octanol–water partition coefficient (Wildman–Crippen LogP) is 3.51. The summed E-state index contributed by atoms with van der Waals surface area (Å²) in [4.78, 5) is 30.4. The van der Waals surface area contributed by atoms with Gasteiger partial charge in [0.15, 0.2) is 5.96 Å². The average molecular weight is 559 g/mol. The topological polar surface area (TPSA) is 95.1 Å². The number of unbranched alkanes of at least 4 members (excludes halogenated alkanes) is 1. The molecule has 1 aromatic rings. The van der Waals surface area contributed by atoms with Gasteiger partial charge in [0, 0.05) is 37.8 Å². The van der Waals surface area contributed by atoms with Crippen molar-refractivity contribution in [2.45, 2.75) is 59.0 Å². The van der Waals surface area contributed by atoms with E-state index in [1.807, 2.05) is 38.1 Å². The first-order valence-electron chi connectivity index (χ1n) is 11.4. The first kappa shape index (κ1) is 28.0. The molecule has 0 unspecified atom stereocenters. The number of hydrogen-bond donors (Lipinski definition) is 3. The van der Waals surface area contributed by atoms with Crippen molar-refractivity contribution in [2.24, 2.45) is 4.99 Å². The minimum Gasteiger partial charge on any atom is -0.450 e. The summed E-state index contributed by atoms with van der Waals surface area (Å²) in [6.07, 6.45) is 3.52. The van der Waals surface area contributed by atoms with Crippen LogP contribution in [0, 0.1) is 0 Å². The summed E-state index contributed by atoms with van der Waals surface area (Å²) in [6, 6.07) is 7.84. The van der Waals surface area contributed by atoms with Crippen molar-refractivity contribution in [3.63, 3.8) is 0 Å². The van der Waals surface area contributed by atoms with E-state index < -0.39 is 0 Å². The van der Waals surface area contributed by atoms with E-state index in [1.165, 1.54) is 0 Å². The van der Waals surface area contributed by atoms with Crippen molar-refractivity contribution in [3.8, 4) is 0 Å². The van der Waals surface area contributed by atoms with Gasteiger partial charge in [0.25, 0.3) is 5.91 Å². The van der Waals surface area contributed by atoms with Gasteiger partial charge in [-0.15, -0.1) is 24.0 Å². The van der Waals surface area contributed by atoms with E-state index in [0.29, 0.717) is 38.3 Å². The SMILES string of the molecule is CCCCNC(=O)c1ccc(CN=C(NCC)NC2CCN(C(=O)OCC)CC2)cc1.I. The number of halogens is 1. The second-order valence-corrected chi connectivity index (χ2v) is 7.61. The Balaban J connectivity index is 0.00000512. The summed E-state index contributed by atoms with van der Waals surface area (Å²) in [5, 5.41) is 9.69. The molecular formula is C23H38IN5O3. The van der Waals surface area contributed by atoms with Crippen LogP contribution in [0.4, 0.5) is 4.79 Å². The number of benzene rings is 1. The normalized spacial score (nSPS) is 14.3. The molecule has 0 saturated carbocycles. The van der Waals surface area contributed by atoms with Crippen molar-refractivity contribution in [2.75, 3.05) is 32.8 Å². The lowest BCUT2D eigenvalue weighted by atomic mass is 10.1. The molecule has 32 heavy (non-hydrogen) atoms. The number of carbonyl (C=O) groups is 2. The maximum Gasteiger partial charge on any atom is 0.409 e. The fourth-order valence-corrected chi connectivity index (χ4v) is 3.35. The van der Waals surface area contributed by atoms with Crippen molar-refractivity contribution in [1.29, 1.82) is 0 Å². The van der Waals surface area contributed by atoms with Crippen LogP contribution in [0.3, 0.4) is 0 Å². The van der Waals surface area contributed by atoms with Gasteiger partial charge in [0.1, 0.15) is 0 Å². The lowest BCUT2D eigenvalue weighted by Crippen LogP contribution is -2.49. The number of nitrogens with zero attached hydrogens (tertiary/aromatic N) is 2. The van der Waals surface area contributed by atoms with E-state index >= 15 is 0 Å². The van der Waals surface area contributed by atoms with Crippen LogP contribution in [0.15, 0.2) is 29.3 Å². The minimum atomic E-state index is -0.232. The lowest BCUT2D eigenvalue weighted by molar-refractivity contribution is 0.0948. The quantitative estimate of drug-likeness (QED) is 0.186. The molecule has 1 aliphatic heterocycles. The summed E-state index contributed by atoms with van der Waals surface area (Å²) in [7, 11) is 0. The molecule has 8 nitrogen and oxygen atoms in total. The first-order chi connectivity index (χ1) is 15.1. The van der Waals surface area contributed by atoms with Gasteiger partial charge in [-0.2, -0.15) is 0 Å². The minimum absolute atomic E-state index is 0. The molecule has 1 heterocycles. The fraction of sp³-hybridized carbons (Fsp3) is 0.609. The number of guanidine groups is 1. The van der Waals surface area contributed by atoms with E-state index in [4.69, 9.17) is 4.74 Å². The number of nitrogens with one attached hydrogen (secondary N) is 3. The van der Waals surface area contributed by atoms with Gasteiger partial charge in [-0.3, -0.25) is 4.79 Å². The number of ether oxygens (including phenoxy) is 1. The summed E-state index contributed by atoms with van der Waals surface area (Å²) in [5.74, 6) is 0.728. The number of amides is 2. The highest BCUT2D eigenvalue weighted by Crippen LogP contribution is 2.12. The molecule has 3 N–H and O–H groups in total. The summed E-state index contributed by atoms with van der Waals surface area (Å²) < 4.78 is 5.08. The summed E-state index contributed by atoms with van der Waals surface area (Å²) >= 11 is 0. The fourth-order valence-electron chi connectivity index (χ4n) is 3.35. The Morgan fingerprint density at radius 1 is 1.09 bits per heavy atom. The van der Waals surface area contributed by atoms with E-state index in [2.05, 4.69) is 27.9 Å². The Morgan fingerprint density at radius 2 is 1.78 bits per heavy atom. The molecule has 1 aromatic carbocycles. The Bertz CT molecular complexity index is 719. The average Bonchev–Trinajstić information content (AvgIpc) is 2.78. The molecule has 2 amide bonds. The molecule has 1 aliphatic rings. The maximum atomic E-state index is 12.1. The standard InChI is InChI=1S/C23H37N5O3.HI/c1-4-7-14-25-21(29)19-10-8-18(9-11-19)17-26-22(24-5-2)27-20-12-15-28(16-13-20)23(30)31-6-3;/h8-11,20H,4-7,12-17H2,1-3H3,(H,25,29)(H2,24,26,27);1H. The molecule has 0 bridgehead atoms. The van der Waals surface area contributed by atoms with Gasteiger partial charge in [0.05, 0.1) is 13.2 Å². The molecular weight excluding hydrogens is 521 g/mol. The highest BCUT2D eigenvalue weighted by atomic mass is 127. The number of aliphatic imine (C=N–C) groups is 1. The van der Waals surface area contributed by atoms with Crippen LogP contribution in [0.1, 0.15) is 62.4 Å². The Morgan fingerprint density at radius 3 is 2.38 bits per heavy atom. The zero-order valence-corrected chi connectivity index (χ0v) is 21.8. The summed E-state index contributed by atoms with van der Waals surface area (Å²) in [6.45, 7) is 9.71. The summed E-state index contributed by atoms with van der Waals surface area (Å²) in [5.41, 5.74) is 1.71. The first-order valence-corrected chi connectivity index (χ1v) is 11.4. The smallest absolute Gasteiger partial charge is 0.409 e. The number of piperidine rings is 1. The van der Waals surface area contributed by atoms with Crippen LogP contribution < -0.4 is 16.0 Å². The molecule has 2 rings (SSSR count). The van der Waals surface area contributed by atoms with Gasteiger partial charge in [-0.05, 0) is 50.8 Å². The Labute approximate surface area is 209 Å². The van der Waals surface area contributed by atoms with Crippen LogP contribution in [-0.2, 0) is 11.3 Å². The molecule has 1 saturated heterocycles. The van der Waals surface area contributed by atoms with Crippen molar-refractivity contribution >= 4 is 41.9 Å². The molecule has 0 aromatic heterocycles. The van der Waals surface area contributed by atoms with Crippen LogP contribution in [-0.4, -0.2) is 61.7 Å². The van der Waals surface area contributed by atoms with Gasteiger partial charge in [-0.1, -0.05) is 25.5 Å². The zero-order chi connectivity index (χ0) is 22.5. The number of carbonyl (C=O) groups excluding carboxylic acids is 2. The van der Waals surface area contributed by atoms with Crippen LogP contribution in [0.2, 0.25) is 0 Å². The van der Waals surface area contributed by atoms with E-state index in [9.17, 15) is 9.59 Å². The molecule has 9 heteroatoms. The predicted molar refractivity (Wildman–Crippen MR) is 139 cm³/mol. The lowest BCUT2D eigenvalue weighted by Gasteiger charge is -2.32.